The molecular formula is C17H12ClF2N3O3S. The minimum Gasteiger partial charge on any atom is -0.337 e. The average molecular weight is 412 g/mol. The number of aromatic amines is 1. The highest BCUT2D eigenvalue weighted by molar-refractivity contribution is 7.90. The van der Waals surface area contributed by atoms with Gasteiger partial charge in [-0.1, -0.05) is 29.8 Å². The Labute approximate surface area is 158 Å². The molecule has 2 N–H and O–H groups in total. The third-order valence-electron chi connectivity index (χ3n) is 3.65. The van der Waals surface area contributed by atoms with Gasteiger partial charge in [-0.2, -0.15) is 0 Å². The van der Waals surface area contributed by atoms with Crippen LogP contribution in [0.5, 0.6) is 0 Å². The van der Waals surface area contributed by atoms with Crippen molar-refractivity contribution < 1.29 is 22.0 Å². The summed E-state index contributed by atoms with van der Waals surface area (Å²) in [5.41, 5.74) is -0.357. The smallest absolute Gasteiger partial charge is 0.300 e. The molecule has 0 aliphatic heterocycles. The summed E-state index contributed by atoms with van der Waals surface area (Å²) in [5.74, 6) is -3.23. The van der Waals surface area contributed by atoms with Crippen LogP contribution >= 0.6 is 11.6 Å². The van der Waals surface area contributed by atoms with Crippen LogP contribution in [-0.2, 0) is 10.0 Å². The van der Waals surface area contributed by atoms with Crippen molar-refractivity contribution in [2.75, 3.05) is 0 Å². The number of imidazole rings is 1. The molecule has 3 aromatic rings. The van der Waals surface area contributed by atoms with Gasteiger partial charge in [0.25, 0.3) is 10.0 Å². The summed E-state index contributed by atoms with van der Waals surface area (Å²) in [4.78, 5) is 18.4. The molecular weight excluding hydrogens is 400 g/mol. The second-order valence-corrected chi connectivity index (χ2v) is 7.58. The lowest BCUT2D eigenvalue weighted by Crippen LogP contribution is -2.31. The van der Waals surface area contributed by atoms with Gasteiger partial charge in [0.05, 0.1) is 16.3 Å². The fourth-order valence-corrected chi connectivity index (χ4v) is 3.90. The summed E-state index contributed by atoms with van der Waals surface area (Å²) in [6.45, 7) is 1.45. The molecule has 0 bridgehead atoms. The summed E-state index contributed by atoms with van der Waals surface area (Å²) in [6.07, 6.45) is 0. The number of hydrogen-bond acceptors (Lipinski definition) is 4. The predicted molar refractivity (Wildman–Crippen MR) is 94.8 cm³/mol. The van der Waals surface area contributed by atoms with Gasteiger partial charge < -0.3 is 4.98 Å². The normalized spacial score (nSPS) is 11.4. The van der Waals surface area contributed by atoms with Crippen molar-refractivity contribution in [3.05, 3.63) is 70.6 Å². The summed E-state index contributed by atoms with van der Waals surface area (Å²) in [5, 5.41) is -0.0671. The zero-order chi connectivity index (χ0) is 19.8. The Bertz CT molecular complexity index is 1130. The number of sulfonamides is 1. The van der Waals surface area contributed by atoms with Crippen molar-refractivity contribution in [1.82, 2.24) is 14.7 Å². The maximum absolute atomic E-state index is 14.0. The van der Waals surface area contributed by atoms with E-state index in [2.05, 4.69) is 9.97 Å². The van der Waals surface area contributed by atoms with Gasteiger partial charge in [-0.3, -0.25) is 4.79 Å². The van der Waals surface area contributed by atoms with E-state index in [-0.39, 0.29) is 21.3 Å². The van der Waals surface area contributed by atoms with Crippen molar-refractivity contribution in [1.29, 1.82) is 0 Å². The molecule has 140 valence electrons. The number of amides is 1. The largest absolute Gasteiger partial charge is 0.337 e. The van der Waals surface area contributed by atoms with Crippen molar-refractivity contribution in [2.24, 2.45) is 0 Å². The van der Waals surface area contributed by atoms with Gasteiger partial charge in [0.15, 0.2) is 5.82 Å². The Morgan fingerprint density at radius 3 is 2.37 bits per heavy atom. The molecule has 6 nitrogen and oxygen atoms in total. The predicted octanol–water partition coefficient (Wildman–Crippen LogP) is 3.44. The lowest BCUT2D eigenvalue weighted by atomic mass is 10.1. The minimum atomic E-state index is -4.26. The molecule has 0 radical (unpaired) electrons. The number of rotatable bonds is 4. The Morgan fingerprint density at radius 2 is 1.74 bits per heavy atom. The van der Waals surface area contributed by atoms with E-state index in [1.807, 2.05) is 4.72 Å². The summed E-state index contributed by atoms with van der Waals surface area (Å²) in [7, 11) is -4.26. The van der Waals surface area contributed by atoms with E-state index in [4.69, 9.17) is 11.6 Å². The molecule has 0 saturated carbocycles. The number of H-pyrrole nitrogens is 1. The van der Waals surface area contributed by atoms with Crippen LogP contribution in [0.4, 0.5) is 8.78 Å². The zero-order valence-electron chi connectivity index (χ0n) is 13.8. The van der Waals surface area contributed by atoms with Gasteiger partial charge in [0, 0.05) is 5.69 Å². The van der Waals surface area contributed by atoms with E-state index >= 15 is 0 Å². The average Bonchev–Trinajstić information content (AvgIpc) is 2.96. The van der Waals surface area contributed by atoms with Crippen molar-refractivity contribution in [3.8, 4) is 11.3 Å². The van der Waals surface area contributed by atoms with Gasteiger partial charge in [-0.05, 0) is 31.2 Å². The van der Waals surface area contributed by atoms with Crippen molar-refractivity contribution >= 4 is 27.5 Å². The standard InChI is InChI=1S/C17H12ClF2N3O3S/c1-9-15(14-11(19)6-4-7-12(14)20)22-16(21-9)17(24)23-27(25,26)13-8-3-2-5-10(13)18/h2-8H,1H3,(H,21,22)(H,23,24). The zero-order valence-corrected chi connectivity index (χ0v) is 15.3. The number of nitrogens with one attached hydrogen (secondary N) is 2. The Kier molecular flexibility index (Phi) is 4.99. The topological polar surface area (TPSA) is 91.9 Å². The van der Waals surface area contributed by atoms with Crippen LogP contribution in [0.15, 0.2) is 47.4 Å². The summed E-state index contributed by atoms with van der Waals surface area (Å²) in [6, 6.07) is 8.86. The first-order valence-electron chi connectivity index (χ1n) is 7.53. The number of aromatic nitrogens is 2. The molecule has 1 amide bonds. The van der Waals surface area contributed by atoms with Crippen LogP contribution in [0, 0.1) is 18.6 Å². The highest BCUT2D eigenvalue weighted by Crippen LogP contribution is 2.27. The fourth-order valence-electron chi connectivity index (χ4n) is 2.42. The van der Waals surface area contributed by atoms with Gasteiger partial charge >= 0.3 is 5.91 Å². The molecule has 3 rings (SSSR count). The molecule has 27 heavy (non-hydrogen) atoms. The van der Waals surface area contributed by atoms with Crippen LogP contribution < -0.4 is 4.72 Å². The van der Waals surface area contributed by atoms with Crippen LogP contribution in [0.2, 0.25) is 5.02 Å². The van der Waals surface area contributed by atoms with E-state index in [1.54, 1.807) is 0 Å². The Hall–Kier alpha value is -2.78. The molecule has 0 spiro atoms. The first-order valence-corrected chi connectivity index (χ1v) is 9.39. The van der Waals surface area contributed by atoms with Crippen molar-refractivity contribution in [2.45, 2.75) is 11.8 Å². The lowest BCUT2D eigenvalue weighted by molar-refractivity contribution is 0.0972. The molecule has 10 heteroatoms. The molecule has 1 heterocycles. The van der Waals surface area contributed by atoms with Gasteiger partial charge in [-0.25, -0.2) is 26.9 Å². The molecule has 0 atom stereocenters. The third kappa shape index (κ3) is 3.69. The summed E-state index contributed by atoms with van der Waals surface area (Å²) >= 11 is 5.85. The van der Waals surface area contributed by atoms with Crippen molar-refractivity contribution in [3.63, 3.8) is 0 Å². The lowest BCUT2D eigenvalue weighted by Gasteiger charge is -2.06. The first kappa shape index (κ1) is 19.0. The number of benzene rings is 2. The molecule has 0 unspecified atom stereocenters. The number of hydrogen-bond donors (Lipinski definition) is 2. The molecule has 1 aromatic heterocycles. The molecule has 0 fully saturated rings. The van der Waals surface area contributed by atoms with E-state index in [0.717, 1.165) is 12.1 Å². The number of aryl methyl sites for hydroxylation is 1. The van der Waals surface area contributed by atoms with Gasteiger partial charge in [-0.15, -0.1) is 0 Å². The number of nitrogens with zero attached hydrogens (tertiary/aromatic N) is 1. The van der Waals surface area contributed by atoms with Crippen LogP contribution in [-0.4, -0.2) is 24.3 Å². The fraction of sp³-hybridized carbons (Fsp3) is 0.0588. The Balaban J connectivity index is 1.95. The maximum atomic E-state index is 14.0. The van der Waals surface area contributed by atoms with Gasteiger partial charge in [0.1, 0.15) is 16.5 Å². The number of halogens is 3. The minimum absolute atomic E-state index is 0.0671. The molecule has 0 saturated heterocycles. The van der Waals surface area contributed by atoms with Crippen LogP contribution in [0.25, 0.3) is 11.3 Å². The maximum Gasteiger partial charge on any atom is 0.300 e. The van der Waals surface area contributed by atoms with E-state index in [0.29, 0.717) is 0 Å². The molecule has 0 aliphatic rings. The molecule has 0 aliphatic carbocycles. The number of carbonyl (C=O) groups is 1. The molecule has 2 aromatic carbocycles. The highest BCUT2D eigenvalue weighted by Gasteiger charge is 2.25. The second-order valence-electron chi connectivity index (χ2n) is 5.52. The summed E-state index contributed by atoms with van der Waals surface area (Å²) < 4.78 is 54.4. The SMILES string of the molecule is Cc1[nH]c(C(=O)NS(=O)(=O)c2ccccc2Cl)nc1-c1c(F)cccc1F. The number of carbonyl (C=O) groups excluding carboxylic acids is 1. The highest BCUT2D eigenvalue weighted by atomic mass is 35.5. The van der Waals surface area contributed by atoms with Crippen LogP contribution in [0.1, 0.15) is 16.3 Å². The van der Waals surface area contributed by atoms with E-state index < -0.39 is 39.0 Å². The third-order valence-corrected chi connectivity index (χ3v) is 5.48. The monoisotopic (exact) mass is 411 g/mol. The van der Waals surface area contributed by atoms with E-state index in [9.17, 15) is 22.0 Å². The van der Waals surface area contributed by atoms with Gasteiger partial charge in [0.2, 0.25) is 0 Å². The van der Waals surface area contributed by atoms with E-state index in [1.165, 1.54) is 37.3 Å². The van der Waals surface area contributed by atoms with Crippen LogP contribution in [0.3, 0.4) is 0 Å². The second kappa shape index (κ2) is 7.09. The Morgan fingerprint density at radius 1 is 1.11 bits per heavy atom. The first-order chi connectivity index (χ1) is 12.7. The quantitative estimate of drug-likeness (QED) is 0.688.